The molecule has 0 fully saturated rings. The predicted molar refractivity (Wildman–Crippen MR) is 113 cm³/mol. The van der Waals surface area contributed by atoms with E-state index in [1.165, 1.54) is 70.6 Å². The summed E-state index contributed by atoms with van der Waals surface area (Å²) in [5.74, 6) is -0.130. The summed E-state index contributed by atoms with van der Waals surface area (Å²) in [4.78, 5) is 12.3. The SMILES string of the molecule is CCCCCCCCCCCCCCCC(=O)[N+](C)(C)CCCS(=O)(=O)O. The van der Waals surface area contributed by atoms with E-state index >= 15 is 0 Å². The molecule has 162 valence electrons. The minimum absolute atomic E-state index is 0.147. The highest BCUT2D eigenvalue weighted by Gasteiger charge is 2.25. The van der Waals surface area contributed by atoms with Crippen molar-refractivity contribution in [1.29, 1.82) is 0 Å². The second kappa shape index (κ2) is 15.5. The lowest BCUT2D eigenvalue weighted by Crippen LogP contribution is -2.46. The Morgan fingerprint density at radius 1 is 0.741 bits per heavy atom. The average Bonchev–Trinajstić information content (AvgIpc) is 2.57. The van der Waals surface area contributed by atoms with Gasteiger partial charge in [0.2, 0.25) is 0 Å². The predicted octanol–water partition coefficient (Wildman–Crippen LogP) is 5.35. The molecular formula is C21H44NO4S+. The van der Waals surface area contributed by atoms with Crippen molar-refractivity contribution in [2.24, 2.45) is 0 Å². The zero-order chi connectivity index (χ0) is 20.6. The zero-order valence-electron chi connectivity index (χ0n) is 18.0. The van der Waals surface area contributed by atoms with E-state index in [4.69, 9.17) is 4.55 Å². The number of nitrogens with zero attached hydrogens (tertiary/aromatic N) is 1. The minimum Gasteiger partial charge on any atom is -0.286 e. The standard InChI is InChI=1S/C21H43NO4S/c1-4-5-6-7-8-9-10-11-12-13-14-15-16-18-21(23)22(2,3)19-17-20-27(24,25)26/h4-20H2,1-3H3/p+1. The van der Waals surface area contributed by atoms with Gasteiger partial charge in [-0.25, -0.2) is 4.79 Å². The number of hydrogen-bond donors (Lipinski definition) is 1. The fourth-order valence-corrected chi connectivity index (χ4v) is 3.86. The Bertz CT molecular complexity index is 475. The van der Waals surface area contributed by atoms with E-state index in [1.54, 1.807) is 0 Å². The van der Waals surface area contributed by atoms with Crippen LogP contribution in [0.2, 0.25) is 0 Å². The molecule has 0 aliphatic rings. The summed E-state index contributed by atoms with van der Waals surface area (Å²) >= 11 is 0. The Hall–Kier alpha value is -0.460. The molecule has 0 unspecified atom stereocenters. The van der Waals surface area contributed by atoms with Crippen LogP contribution < -0.4 is 0 Å². The van der Waals surface area contributed by atoms with Gasteiger partial charge in [-0.3, -0.25) is 9.04 Å². The van der Waals surface area contributed by atoms with Gasteiger partial charge in [-0.2, -0.15) is 8.42 Å². The lowest BCUT2D eigenvalue weighted by molar-refractivity contribution is -0.814. The van der Waals surface area contributed by atoms with E-state index in [2.05, 4.69) is 6.92 Å². The summed E-state index contributed by atoms with van der Waals surface area (Å²) in [7, 11) is -0.307. The fraction of sp³-hybridized carbons (Fsp3) is 0.952. The molecule has 0 radical (unpaired) electrons. The van der Waals surface area contributed by atoms with Gasteiger partial charge >= 0.3 is 5.91 Å². The maximum absolute atomic E-state index is 12.3. The topological polar surface area (TPSA) is 71.4 Å². The fourth-order valence-electron chi connectivity index (χ4n) is 3.36. The highest BCUT2D eigenvalue weighted by Crippen LogP contribution is 2.14. The number of amides is 1. The van der Waals surface area contributed by atoms with Crippen LogP contribution in [0.4, 0.5) is 0 Å². The van der Waals surface area contributed by atoms with Gasteiger partial charge in [-0.1, -0.05) is 84.0 Å². The van der Waals surface area contributed by atoms with E-state index in [1.807, 2.05) is 14.1 Å². The Morgan fingerprint density at radius 3 is 1.56 bits per heavy atom. The molecule has 0 saturated heterocycles. The van der Waals surface area contributed by atoms with Gasteiger partial charge in [0.05, 0.1) is 32.8 Å². The van der Waals surface area contributed by atoms with Crippen molar-refractivity contribution in [3.8, 4) is 0 Å². The Kier molecular flexibility index (Phi) is 15.2. The first-order valence-corrected chi connectivity index (χ1v) is 12.6. The molecule has 0 aliphatic carbocycles. The molecule has 0 spiro atoms. The number of rotatable bonds is 18. The highest BCUT2D eigenvalue weighted by molar-refractivity contribution is 7.85. The second-order valence-corrected chi connectivity index (χ2v) is 10.0. The summed E-state index contributed by atoms with van der Waals surface area (Å²) in [5, 5.41) is 0. The van der Waals surface area contributed by atoms with Crippen LogP contribution >= 0.6 is 0 Å². The summed E-state index contributed by atoms with van der Waals surface area (Å²) in [6.45, 7) is 2.70. The van der Waals surface area contributed by atoms with E-state index in [0.717, 1.165) is 12.8 Å². The van der Waals surface area contributed by atoms with Crippen LogP contribution in [0, 0.1) is 0 Å². The van der Waals surface area contributed by atoms with Crippen molar-refractivity contribution in [2.45, 2.75) is 103 Å². The largest absolute Gasteiger partial charge is 0.313 e. The molecule has 27 heavy (non-hydrogen) atoms. The van der Waals surface area contributed by atoms with Crippen LogP contribution in [0.1, 0.15) is 103 Å². The van der Waals surface area contributed by atoms with Crippen LogP contribution in [-0.2, 0) is 14.9 Å². The first kappa shape index (κ1) is 26.5. The average molecular weight is 407 g/mol. The molecule has 6 heteroatoms. The van der Waals surface area contributed by atoms with Crippen molar-refractivity contribution < 1.29 is 22.2 Å². The van der Waals surface area contributed by atoms with Gasteiger partial charge in [0.25, 0.3) is 10.1 Å². The Balaban J connectivity index is 3.54. The molecule has 1 amide bonds. The molecule has 0 aromatic rings. The van der Waals surface area contributed by atoms with E-state index < -0.39 is 10.1 Å². The van der Waals surface area contributed by atoms with Crippen molar-refractivity contribution in [2.75, 3.05) is 26.4 Å². The highest BCUT2D eigenvalue weighted by atomic mass is 32.2. The lowest BCUT2D eigenvalue weighted by Gasteiger charge is -2.26. The van der Waals surface area contributed by atoms with E-state index in [9.17, 15) is 13.2 Å². The number of quaternary nitrogens is 1. The third-order valence-electron chi connectivity index (χ3n) is 5.29. The molecular weight excluding hydrogens is 362 g/mol. The van der Waals surface area contributed by atoms with Gasteiger partial charge < -0.3 is 0 Å². The van der Waals surface area contributed by atoms with Crippen LogP contribution in [0.15, 0.2) is 0 Å². The molecule has 0 aromatic carbocycles. The van der Waals surface area contributed by atoms with Crippen LogP contribution in [-0.4, -0.2) is 49.8 Å². The molecule has 0 atom stereocenters. The summed E-state index contributed by atoms with van der Waals surface area (Å²) in [6.07, 6.45) is 17.6. The van der Waals surface area contributed by atoms with Crippen molar-refractivity contribution in [1.82, 2.24) is 0 Å². The van der Waals surface area contributed by atoms with Gasteiger partial charge in [0.1, 0.15) is 0 Å². The number of carbonyl (C=O) groups excluding carboxylic acids is 1. The lowest BCUT2D eigenvalue weighted by atomic mass is 10.0. The summed E-state index contributed by atoms with van der Waals surface area (Å²) in [5.41, 5.74) is 0. The van der Waals surface area contributed by atoms with Gasteiger partial charge in [0.15, 0.2) is 0 Å². The number of hydrogen-bond acceptors (Lipinski definition) is 3. The molecule has 1 N–H and O–H groups in total. The van der Waals surface area contributed by atoms with Crippen LogP contribution in [0.3, 0.4) is 0 Å². The molecule has 0 saturated carbocycles. The third-order valence-corrected chi connectivity index (χ3v) is 6.09. The minimum atomic E-state index is -3.94. The molecule has 5 nitrogen and oxygen atoms in total. The van der Waals surface area contributed by atoms with Gasteiger partial charge in [0, 0.05) is 6.42 Å². The maximum atomic E-state index is 12.3. The Morgan fingerprint density at radius 2 is 1.15 bits per heavy atom. The quantitative estimate of drug-likeness (QED) is 0.189. The molecule has 0 heterocycles. The zero-order valence-corrected chi connectivity index (χ0v) is 18.9. The smallest absolute Gasteiger partial charge is 0.286 e. The first-order chi connectivity index (χ1) is 12.7. The molecule has 0 aromatic heterocycles. The molecule has 0 aliphatic heterocycles. The van der Waals surface area contributed by atoms with E-state index in [0.29, 0.717) is 19.4 Å². The third kappa shape index (κ3) is 17.4. The van der Waals surface area contributed by atoms with Gasteiger partial charge in [-0.15, -0.1) is 0 Å². The van der Waals surface area contributed by atoms with Crippen LogP contribution in [0.25, 0.3) is 0 Å². The molecule has 0 rings (SSSR count). The van der Waals surface area contributed by atoms with Crippen molar-refractivity contribution in [3.05, 3.63) is 0 Å². The summed E-state index contributed by atoms with van der Waals surface area (Å²) < 4.78 is 30.5. The summed E-state index contributed by atoms with van der Waals surface area (Å²) in [6, 6.07) is 0. The number of carbonyl (C=O) groups is 1. The maximum Gasteiger partial charge on any atom is 0.313 e. The van der Waals surface area contributed by atoms with Crippen molar-refractivity contribution >= 4 is 16.0 Å². The normalized spacial score (nSPS) is 12.4. The van der Waals surface area contributed by atoms with Crippen molar-refractivity contribution in [3.63, 3.8) is 0 Å². The van der Waals surface area contributed by atoms with Gasteiger partial charge in [-0.05, 0) is 6.42 Å². The second-order valence-electron chi connectivity index (χ2n) is 8.43. The molecule has 0 bridgehead atoms. The number of unbranched alkanes of at least 4 members (excludes halogenated alkanes) is 12. The first-order valence-electron chi connectivity index (χ1n) is 11.0. The van der Waals surface area contributed by atoms with E-state index in [-0.39, 0.29) is 16.1 Å². The monoisotopic (exact) mass is 406 g/mol. The Labute approximate surface area is 168 Å². The van der Waals surface area contributed by atoms with Crippen LogP contribution in [0.5, 0.6) is 0 Å².